The number of nitrogens with one attached hydrogen (secondary N) is 5. The Labute approximate surface area is 268 Å². The molecule has 14 heteroatoms. The standard InChI is InChI=1S/C33H34F3N7O4/c34-33(35,36)23-8-5-7-21(17-23)32(47)43-16-4-3-13-39-30(45)27(18-22-19-40-25-10-2-1-9-24(22)25)42-31(46)26-11-6-12-28(41-26)37-14-15-38-29(44)20-43/h1-2,5-12,17,19,27,40H,3-4,13-16,18,20H2,(H,37,41)(H,38,44)(H,39,45)(H,42,46)/t27-/m0/s1. The zero-order valence-corrected chi connectivity index (χ0v) is 25.3. The van der Waals surface area contributed by atoms with Gasteiger partial charge in [-0.1, -0.05) is 30.3 Å². The van der Waals surface area contributed by atoms with Gasteiger partial charge >= 0.3 is 6.18 Å². The number of carbonyl (C=O) groups excluding carboxylic acids is 4. The molecule has 1 aliphatic heterocycles. The number of aromatic amines is 1. The van der Waals surface area contributed by atoms with Crippen LogP contribution in [0.2, 0.25) is 0 Å². The smallest absolute Gasteiger partial charge is 0.368 e. The molecule has 4 aromatic rings. The number of alkyl halides is 3. The van der Waals surface area contributed by atoms with Crippen LogP contribution in [0.25, 0.3) is 10.9 Å². The highest BCUT2D eigenvalue weighted by molar-refractivity contribution is 5.97. The van der Waals surface area contributed by atoms with Crippen LogP contribution in [0.1, 0.15) is 44.8 Å². The van der Waals surface area contributed by atoms with Crippen LogP contribution in [0.5, 0.6) is 0 Å². The first-order valence-corrected chi connectivity index (χ1v) is 15.2. The minimum atomic E-state index is -4.63. The van der Waals surface area contributed by atoms with E-state index in [4.69, 9.17) is 0 Å². The van der Waals surface area contributed by atoms with Crippen LogP contribution in [-0.4, -0.2) is 77.3 Å². The number of aromatic nitrogens is 2. The molecule has 0 spiro atoms. The average molecular weight is 650 g/mol. The van der Waals surface area contributed by atoms with Crippen molar-refractivity contribution in [1.29, 1.82) is 0 Å². The molecule has 5 N–H and O–H groups in total. The molecule has 2 bridgehead atoms. The number of amides is 4. The van der Waals surface area contributed by atoms with Gasteiger partial charge in [0.15, 0.2) is 0 Å². The van der Waals surface area contributed by atoms with E-state index in [2.05, 4.69) is 31.2 Å². The molecular weight excluding hydrogens is 615 g/mol. The van der Waals surface area contributed by atoms with Crippen molar-refractivity contribution in [2.24, 2.45) is 0 Å². The molecule has 2 aromatic carbocycles. The van der Waals surface area contributed by atoms with Crippen molar-refractivity contribution in [1.82, 2.24) is 30.8 Å². The Kier molecular flexibility index (Phi) is 10.4. The van der Waals surface area contributed by atoms with Gasteiger partial charge in [-0.2, -0.15) is 13.2 Å². The van der Waals surface area contributed by atoms with Crippen molar-refractivity contribution in [3.63, 3.8) is 0 Å². The molecule has 0 saturated heterocycles. The molecule has 47 heavy (non-hydrogen) atoms. The second-order valence-corrected chi connectivity index (χ2v) is 11.1. The van der Waals surface area contributed by atoms with Crippen LogP contribution in [0.15, 0.2) is 72.9 Å². The average Bonchev–Trinajstić information content (AvgIpc) is 3.47. The number of halogens is 3. The summed E-state index contributed by atoms with van der Waals surface area (Å²) >= 11 is 0. The topological polar surface area (TPSA) is 148 Å². The Bertz CT molecular complexity index is 1760. The summed E-state index contributed by atoms with van der Waals surface area (Å²) in [5.41, 5.74) is 0.665. The number of pyridine rings is 1. The van der Waals surface area contributed by atoms with E-state index in [0.29, 0.717) is 18.7 Å². The number of benzene rings is 2. The molecule has 1 atom stereocenters. The quantitative estimate of drug-likeness (QED) is 0.230. The van der Waals surface area contributed by atoms with E-state index < -0.39 is 41.4 Å². The lowest BCUT2D eigenvalue weighted by Gasteiger charge is -2.23. The van der Waals surface area contributed by atoms with Crippen LogP contribution in [0.4, 0.5) is 19.0 Å². The summed E-state index contributed by atoms with van der Waals surface area (Å²) in [6, 6.07) is 15.5. The Morgan fingerprint density at radius 3 is 2.51 bits per heavy atom. The minimum absolute atomic E-state index is 0.0574. The molecule has 0 fully saturated rings. The number of H-pyrrole nitrogens is 1. The normalized spacial score (nSPS) is 17.4. The molecule has 2 aromatic heterocycles. The number of rotatable bonds is 3. The molecule has 0 saturated carbocycles. The zero-order chi connectivity index (χ0) is 33.4. The molecule has 3 heterocycles. The van der Waals surface area contributed by atoms with Crippen molar-refractivity contribution < 1.29 is 32.3 Å². The van der Waals surface area contributed by atoms with E-state index in [1.807, 2.05) is 24.3 Å². The van der Waals surface area contributed by atoms with Crippen LogP contribution in [0.3, 0.4) is 0 Å². The van der Waals surface area contributed by atoms with Crippen molar-refractivity contribution in [3.05, 3.63) is 95.3 Å². The molecule has 246 valence electrons. The molecular formula is C33H34F3N7O4. The number of carbonyl (C=O) groups is 4. The first-order chi connectivity index (χ1) is 22.6. The summed E-state index contributed by atoms with van der Waals surface area (Å²) in [5, 5.41) is 12.3. The number of nitrogens with zero attached hydrogens (tertiary/aromatic N) is 2. The first kappa shape index (κ1) is 33.0. The van der Waals surface area contributed by atoms with E-state index in [1.165, 1.54) is 17.0 Å². The third-order valence-electron chi connectivity index (χ3n) is 7.67. The van der Waals surface area contributed by atoms with Gasteiger partial charge < -0.3 is 31.2 Å². The molecule has 0 radical (unpaired) electrons. The van der Waals surface area contributed by atoms with E-state index in [0.717, 1.165) is 34.7 Å². The number of anilines is 1. The van der Waals surface area contributed by atoms with Crippen molar-refractivity contribution >= 4 is 40.3 Å². The summed E-state index contributed by atoms with van der Waals surface area (Å²) in [5.74, 6) is -1.82. The monoisotopic (exact) mass is 649 g/mol. The maximum atomic E-state index is 13.4. The highest BCUT2D eigenvalue weighted by Gasteiger charge is 2.31. The fourth-order valence-electron chi connectivity index (χ4n) is 5.27. The van der Waals surface area contributed by atoms with E-state index in [-0.39, 0.29) is 50.4 Å². The molecule has 4 amide bonds. The van der Waals surface area contributed by atoms with E-state index in [9.17, 15) is 32.3 Å². The Balaban J connectivity index is 1.34. The van der Waals surface area contributed by atoms with Crippen molar-refractivity contribution in [3.8, 4) is 0 Å². The predicted octanol–water partition coefficient (Wildman–Crippen LogP) is 3.50. The number of hydrogen-bond acceptors (Lipinski definition) is 6. The van der Waals surface area contributed by atoms with E-state index >= 15 is 0 Å². The van der Waals surface area contributed by atoms with Gasteiger partial charge in [0.2, 0.25) is 11.8 Å². The lowest BCUT2D eigenvalue weighted by Crippen LogP contribution is -2.48. The summed E-state index contributed by atoms with van der Waals surface area (Å²) in [4.78, 5) is 61.5. The third kappa shape index (κ3) is 8.66. The molecule has 1 aliphatic rings. The van der Waals surface area contributed by atoms with Crippen LogP contribution >= 0.6 is 0 Å². The molecule has 0 aliphatic carbocycles. The summed E-state index contributed by atoms with van der Waals surface area (Å²) in [7, 11) is 0. The van der Waals surface area contributed by atoms with Gasteiger partial charge in [-0.3, -0.25) is 19.2 Å². The second-order valence-electron chi connectivity index (χ2n) is 11.1. The maximum Gasteiger partial charge on any atom is 0.416 e. The Hall–Kier alpha value is -5.40. The fourth-order valence-corrected chi connectivity index (χ4v) is 5.27. The SMILES string of the molecule is O=C1CN(C(=O)c2cccc(C(F)(F)F)c2)CCCCNC(=O)[C@H](Cc2c[nH]c3ccccc23)NC(=O)c2cccc(n2)NCCN1. The fraction of sp³-hybridized carbons (Fsp3) is 0.303. The third-order valence-corrected chi connectivity index (χ3v) is 7.67. The highest BCUT2D eigenvalue weighted by Crippen LogP contribution is 2.30. The zero-order valence-electron chi connectivity index (χ0n) is 25.3. The first-order valence-electron chi connectivity index (χ1n) is 15.2. The van der Waals surface area contributed by atoms with Gasteiger partial charge in [0, 0.05) is 55.3 Å². The molecule has 5 rings (SSSR count). The summed E-state index contributed by atoms with van der Waals surface area (Å²) < 4.78 is 39.9. The van der Waals surface area contributed by atoms with Gasteiger partial charge in [0.1, 0.15) is 17.6 Å². The van der Waals surface area contributed by atoms with Gasteiger partial charge in [-0.15, -0.1) is 0 Å². The van der Waals surface area contributed by atoms with E-state index in [1.54, 1.807) is 18.3 Å². The maximum absolute atomic E-state index is 13.4. The summed E-state index contributed by atoms with van der Waals surface area (Å²) in [6.07, 6.45) is -1.90. The number of para-hydroxylation sites is 1. The summed E-state index contributed by atoms with van der Waals surface area (Å²) in [6.45, 7) is 0.251. The van der Waals surface area contributed by atoms with Crippen molar-refractivity contribution in [2.45, 2.75) is 31.5 Å². The van der Waals surface area contributed by atoms with Crippen LogP contribution in [0, 0.1) is 0 Å². The highest BCUT2D eigenvalue weighted by atomic mass is 19.4. The van der Waals surface area contributed by atoms with Gasteiger partial charge in [0.25, 0.3) is 11.8 Å². The molecule has 0 unspecified atom stereocenters. The minimum Gasteiger partial charge on any atom is -0.368 e. The predicted molar refractivity (Wildman–Crippen MR) is 169 cm³/mol. The van der Waals surface area contributed by atoms with Crippen LogP contribution in [-0.2, 0) is 22.2 Å². The lowest BCUT2D eigenvalue weighted by molar-refractivity contribution is -0.137. The lowest BCUT2D eigenvalue weighted by atomic mass is 10.0. The van der Waals surface area contributed by atoms with Gasteiger partial charge in [-0.05, 0) is 54.8 Å². The largest absolute Gasteiger partial charge is 0.416 e. The molecule has 11 nitrogen and oxygen atoms in total. The van der Waals surface area contributed by atoms with Crippen molar-refractivity contribution in [2.75, 3.05) is 38.0 Å². The van der Waals surface area contributed by atoms with Gasteiger partial charge in [-0.25, -0.2) is 4.98 Å². The number of hydrogen-bond donors (Lipinski definition) is 5. The second kappa shape index (κ2) is 14.8. The Morgan fingerprint density at radius 1 is 0.894 bits per heavy atom. The number of fused-ring (bicyclic) bond motifs is 3. The van der Waals surface area contributed by atoms with Crippen LogP contribution < -0.4 is 21.3 Å². The Morgan fingerprint density at radius 2 is 1.68 bits per heavy atom. The van der Waals surface area contributed by atoms with Gasteiger partial charge in [0.05, 0.1) is 12.1 Å².